The van der Waals surface area contributed by atoms with E-state index in [2.05, 4.69) is 19.2 Å². The van der Waals surface area contributed by atoms with Crippen molar-refractivity contribution in [1.29, 1.82) is 0 Å². The van der Waals surface area contributed by atoms with Gasteiger partial charge >= 0.3 is 0 Å². The molecule has 1 aliphatic heterocycles. The highest BCUT2D eigenvalue weighted by Crippen LogP contribution is 2.17. The highest BCUT2D eigenvalue weighted by Gasteiger charge is 2.25. The normalized spacial score (nSPS) is 19.4. The van der Waals surface area contributed by atoms with Crippen LogP contribution in [0.2, 0.25) is 5.02 Å². The standard InChI is InChI=1S/C15H24ClN3O/c1-11(2)19(10-13-6-4-5-7-17-13)15(20)14-8-12(16)9-18(14)3/h8-9,11,13,17H,4-7,10H2,1-3H3. The number of nitrogens with one attached hydrogen (secondary N) is 1. The van der Waals surface area contributed by atoms with E-state index in [1.54, 1.807) is 16.8 Å². The maximum absolute atomic E-state index is 12.7. The van der Waals surface area contributed by atoms with Crippen LogP contribution in [0.1, 0.15) is 43.6 Å². The molecule has 1 fully saturated rings. The minimum absolute atomic E-state index is 0.0572. The highest BCUT2D eigenvalue weighted by atomic mass is 35.5. The SMILES string of the molecule is CC(C)N(CC1CCCCN1)C(=O)c1cc(Cl)cn1C. The summed E-state index contributed by atoms with van der Waals surface area (Å²) in [5.41, 5.74) is 0.652. The summed E-state index contributed by atoms with van der Waals surface area (Å²) < 4.78 is 1.80. The van der Waals surface area contributed by atoms with Gasteiger partial charge in [0.05, 0.1) is 5.02 Å². The molecule has 0 spiro atoms. The van der Waals surface area contributed by atoms with E-state index in [-0.39, 0.29) is 11.9 Å². The number of amides is 1. The number of rotatable bonds is 4. The van der Waals surface area contributed by atoms with Crippen molar-refractivity contribution in [2.45, 2.75) is 45.2 Å². The van der Waals surface area contributed by atoms with Crippen molar-refractivity contribution >= 4 is 17.5 Å². The molecule has 1 unspecified atom stereocenters. The molecule has 5 heteroatoms. The maximum atomic E-state index is 12.7. The van der Waals surface area contributed by atoms with Gasteiger partial charge in [0, 0.05) is 31.9 Å². The molecular weight excluding hydrogens is 274 g/mol. The second-order valence-electron chi connectivity index (χ2n) is 5.85. The van der Waals surface area contributed by atoms with Crippen LogP contribution in [0.4, 0.5) is 0 Å². The van der Waals surface area contributed by atoms with Crippen LogP contribution in [0.25, 0.3) is 0 Å². The highest BCUT2D eigenvalue weighted by molar-refractivity contribution is 6.31. The summed E-state index contributed by atoms with van der Waals surface area (Å²) in [6.07, 6.45) is 5.39. The largest absolute Gasteiger partial charge is 0.345 e. The molecule has 1 aromatic rings. The van der Waals surface area contributed by atoms with Crippen molar-refractivity contribution in [2.75, 3.05) is 13.1 Å². The second kappa shape index (κ2) is 6.64. The summed E-state index contributed by atoms with van der Waals surface area (Å²) in [6, 6.07) is 2.33. The fourth-order valence-corrected chi connectivity index (χ4v) is 2.98. The number of carbonyl (C=O) groups is 1. The van der Waals surface area contributed by atoms with E-state index < -0.39 is 0 Å². The van der Waals surface area contributed by atoms with Crippen molar-refractivity contribution in [1.82, 2.24) is 14.8 Å². The van der Waals surface area contributed by atoms with Crippen LogP contribution in [0.5, 0.6) is 0 Å². The summed E-state index contributed by atoms with van der Waals surface area (Å²) >= 11 is 5.98. The van der Waals surface area contributed by atoms with Gasteiger partial charge in [-0.1, -0.05) is 18.0 Å². The predicted molar refractivity (Wildman–Crippen MR) is 82.2 cm³/mol. The third kappa shape index (κ3) is 3.55. The lowest BCUT2D eigenvalue weighted by atomic mass is 10.0. The number of hydrogen-bond acceptors (Lipinski definition) is 2. The quantitative estimate of drug-likeness (QED) is 0.928. The minimum Gasteiger partial charge on any atom is -0.345 e. The lowest BCUT2D eigenvalue weighted by molar-refractivity contribution is 0.0667. The Morgan fingerprint density at radius 2 is 2.30 bits per heavy atom. The second-order valence-corrected chi connectivity index (χ2v) is 6.29. The van der Waals surface area contributed by atoms with Gasteiger partial charge in [0.25, 0.3) is 5.91 Å². The van der Waals surface area contributed by atoms with E-state index in [0.717, 1.165) is 19.5 Å². The van der Waals surface area contributed by atoms with Crippen LogP contribution >= 0.6 is 11.6 Å². The molecule has 112 valence electrons. The van der Waals surface area contributed by atoms with Crippen molar-refractivity contribution in [2.24, 2.45) is 7.05 Å². The molecule has 1 aliphatic rings. The Hall–Kier alpha value is -1.00. The van der Waals surface area contributed by atoms with E-state index in [4.69, 9.17) is 11.6 Å². The Labute approximate surface area is 126 Å². The van der Waals surface area contributed by atoms with Crippen LogP contribution in [0.3, 0.4) is 0 Å². The molecule has 1 saturated heterocycles. The van der Waals surface area contributed by atoms with Gasteiger partial charge in [-0.05, 0) is 39.3 Å². The Balaban J connectivity index is 2.11. The number of carbonyl (C=O) groups excluding carboxylic acids is 1. The Morgan fingerprint density at radius 3 is 2.80 bits per heavy atom. The van der Waals surface area contributed by atoms with Crippen molar-refractivity contribution < 1.29 is 4.79 Å². The van der Waals surface area contributed by atoms with Gasteiger partial charge in [0.2, 0.25) is 0 Å². The van der Waals surface area contributed by atoms with E-state index in [9.17, 15) is 4.79 Å². The first-order chi connectivity index (χ1) is 9.49. The van der Waals surface area contributed by atoms with Gasteiger partial charge in [-0.3, -0.25) is 4.79 Å². The minimum atomic E-state index is 0.0572. The van der Waals surface area contributed by atoms with Crippen molar-refractivity contribution in [3.8, 4) is 0 Å². The molecule has 1 amide bonds. The van der Waals surface area contributed by atoms with Crippen LogP contribution in [0.15, 0.2) is 12.3 Å². The summed E-state index contributed by atoms with van der Waals surface area (Å²) in [5.74, 6) is 0.0572. The van der Waals surface area contributed by atoms with Gasteiger partial charge in [-0.2, -0.15) is 0 Å². The molecule has 0 bridgehead atoms. The third-order valence-electron chi connectivity index (χ3n) is 3.90. The average molecular weight is 298 g/mol. The van der Waals surface area contributed by atoms with E-state index >= 15 is 0 Å². The van der Waals surface area contributed by atoms with E-state index in [0.29, 0.717) is 16.8 Å². The van der Waals surface area contributed by atoms with Crippen LogP contribution in [-0.2, 0) is 7.05 Å². The zero-order chi connectivity index (χ0) is 14.7. The van der Waals surface area contributed by atoms with Crippen molar-refractivity contribution in [3.05, 3.63) is 23.0 Å². The Kier molecular flexibility index (Phi) is 5.11. The molecule has 20 heavy (non-hydrogen) atoms. The maximum Gasteiger partial charge on any atom is 0.270 e. The smallest absolute Gasteiger partial charge is 0.270 e. The molecule has 0 aliphatic carbocycles. The average Bonchev–Trinajstić information content (AvgIpc) is 2.75. The molecule has 1 N–H and O–H groups in total. The van der Waals surface area contributed by atoms with Crippen LogP contribution in [0, 0.1) is 0 Å². The van der Waals surface area contributed by atoms with Crippen LogP contribution < -0.4 is 5.32 Å². The third-order valence-corrected chi connectivity index (χ3v) is 4.11. The molecule has 0 saturated carbocycles. The van der Waals surface area contributed by atoms with Gasteiger partial charge in [0.1, 0.15) is 5.69 Å². The zero-order valence-corrected chi connectivity index (χ0v) is 13.3. The van der Waals surface area contributed by atoms with Crippen LogP contribution in [-0.4, -0.2) is 40.5 Å². The summed E-state index contributed by atoms with van der Waals surface area (Å²) in [6.45, 7) is 5.94. The number of nitrogens with zero attached hydrogens (tertiary/aromatic N) is 2. The first-order valence-electron chi connectivity index (χ1n) is 7.35. The lowest BCUT2D eigenvalue weighted by Crippen LogP contribution is -2.48. The van der Waals surface area contributed by atoms with E-state index in [1.165, 1.54) is 12.8 Å². The summed E-state index contributed by atoms with van der Waals surface area (Å²) in [5, 5.41) is 4.11. The molecular formula is C15H24ClN3O. The number of aryl methyl sites for hydroxylation is 1. The molecule has 1 atom stereocenters. The molecule has 2 heterocycles. The van der Waals surface area contributed by atoms with Gasteiger partial charge in [0.15, 0.2) is 0 Å². The zero-order valence-electron chi connectivity index (χ0n) is 12.5. The lowest BCUT2D eigenvalue weighted by Gasteiger charge is -2.33. The fraction of sp³-hybridized carbons (Fsp3) is 0.667. The molecule has 4 nitrogen and oxygen atoms in total. The fourth-order valence-electron chi connectivity index (χ4n) is 2.73. The molecule has 1 aromatic heterocycles. The number of piperidine rings is 1. The Bertz CT molecular complexity index is 464. The number of hydrogen-bond donors (Lipinski definition) is 1. The number of aromatic nitrogens is 1. The first kappa shape index (κ1) is 15.4. The first-order valence-corrected chi connectivity index (χ1v) is 7.73. The molecule has 0 radical (unpaired) electrons. The predicted octanol–water partition coefficient (Wildman–Crippen LogP) is 2.67. The summed E-state index contributed by atoms with van der Waals surface area (Å²) in [4.78, 5) is 14.7. The van der Waals surface area contributed by atoms with Gasteiger partial charge in [-0.25, -0.2) is 0 Å². The number of halogens is 1. The Morgan fingerprint density at radius 1 is 1.55 bits per heavy atom. The topological polar surface area (TPSA) is 37.3 Å². The van der Waals surface area contributed by atoms with Gasteiger partial charge in [-0.15, -0.1) is 0 Å². The van der Waals surface area contributed by atoms with E-state index in [1.807, 2.05) is 11.9 Å². The molecule has 0 aromatic carbocycles. The molecule has 2 rings (SSSR count). The van der Waals surface area contributed by atoms with Gasteiger partial charge < -0.3 is 14.8 Å². The summed E-state index contributed by atoms with van der Waals surface area (Å²) in [7, 11) is 1.86. The van der Waals surface area contributed by atoms with Crippen molar-refractivity contribution in [3.63, 3.8) is 0 Å². The monoisotopic (exact) mass is 297 g/mol.